The Morgan fingerprint density at radius 3 is 2.81 bits per heavy atom. The highest BCUT2D eigenvalue weighted by Crippen LogP contribution is 2.58. The van der Waals surface area contributed by atoms with Crippen LogP contribution in [-0.4, -0.2) is 79.4 Å². The van der Waals surface area contributed by atoms with Gasteiger partial charge in [0, 0.05) is 26.2 Å². The van der Waals surface area contributed by atoms with Gasteiger partial charge in [-0.2, -0.15) is 0 Å². The van der Waals surface area contributed by atoms with Crippen LogP contribution in [0.4, 0.5) is 4.79 Å². The van der Waals surface area contributed by atoms with Crippen molar-refractivity contribution in [1.29, 1.82) is 0 Å². The van der Waals surface area contributed by atoms with Crippen molar-refractivity contribution in [2.75, 3.05) is 46.4 Å². The normalized spacial score (nSPS) is 27.4. The molecule has 2 N–H and O–H groups in total. The zero-order valence-corrected chi connectivity index (χ0v) is 16.1. The van der Waals surface area contributed by atoms with Crippen LogP contribution in [0, 0.1) is 5.41 Å². The van der Waals surface area contributed by atoms with Gasteiger partial charge in [0.05, 0.1) is 19.3 Å². The van der Waals surface area contributed by atoms with Crippen molar-refractivity contribution in [1.82, 2.24) is 15.1 Å². The number of carboxylic acid groups (broad SMARTS) is 1. The summed E-state index contributed by atoms with van der Waals surface area (Å²) in [5.41, 5.74) is 1.45. The summed E-state index contributed by atoms with van der Waals surface area (Å²) >= 11 is 0. The molecule has 0 aromatic heterocycles. The van der Waals surface area contributed by atoms with Gasteiger partial charge < -0.3 is 20.1 Å². The third-order valence-electron chi connectivity index (χ3n) is 5.54. The fraction of sp³-hybridized carbons (Fsp3) is 0.600. The minimum absolute atomic E-state index is 0.0364. The average molecular weight is 375 g/mol. The Morgan fingerprint density at radius 1 is 1.37 bits per heavy atom. The monoisotopic (exact) mass is 375 g/mol. The highest BCUT2D eigenvalue weighted by atomic mass is 16.5. The van der Waals surface area contributed by atoms with Crippen LogP contribution in [0.5, 0.6) is 0 Å². The Bertz CT molecular complexity index is 668. The number of hydrogen-bond donors (Lipinski definition) is 2. The number of morpholine rings is 1. The summed E-state index contributed by atoms with van der Waals surface area (Å²) in [6.07, 6.45) is 0.922. The highest BCUT2D eigenvalue weighted by molar-refractivity contribution is 5.74. The lowest BCUT2D eigenvalue weighted by Gasteiger charge is -2.34. The van der Waals surface area contributed by atoms with Gasteiger partial charge in [-0.1, -0.05) is 37.3 Å². The van der Waals surface area contributed by atoms with Crippen molar-refractivity contribution in [3.8, 4) is 0 Å². The van der Waals surface area contributed by atoms with E-state index in [4.69, 9.17) is 9.84 Å². The zero-order chi connectivity index (χ0) is 19.4. The predicted molar refractivity (Wildman–Crippen MR) is 102 cm³/mol. The second kappa shape index (κ2) is 8.27. The molecule has 7 heteroatoms. The number of hydrogen-bond acceptors (Lipinski definition) is 4. The van der Waals surface area contributed by atoms with Crippen molar-refractivity contribution >= 4 is 12.0 Å². The van der Waals surface area contributed by atoms with E-state index in [1.165, 1.54) is 5.56 Å². The Labute approximate surface area is 160 Å². The van der Waals surface area contributed by atoms with E-state index in [9.17, 15) is 9.59 Å². The molecule has 0 spiro atoms. The summed E-state index contributed by atoms with van der Waals surface area (Å²) < 4.78 is 5.69. The van der Waals surface area contributed by atoms with E-state index < -0.39 is 5.97 Å². The molecule has 1 saturated heterocycles. The lowest BCUT2D eigenvalue weighted by Crippen LogP contribution is -2.53. The molecule has 7 nitrogen and oxygen atoms in total. The smallest absolute Gasteiger partial charge is 0.317 e. The van der Waals surface area contributed by atoms with Crippen molar-refractivity contribution < 1.29 is 19.4 Å². The summed E-state index contributed by atoms with van der Waals surface area (Å²) in [4.78, 5) is 26.8. The standard InChI is InChI=1S/C20H29N3O4/c1-20(10-17(20)15-6-4-3-5-7-15)14-21-19(26)23-8-9-27-16(12-23)11-22(2)13-18(24)25/h3-7,16-17H,8-14H2,1-2H3,(H,21,26)(H,24,25)/t16?,17-,20-/m0/s1. The topological polar surface area (TPSA) is 82.1 Å². The fourth-order valence-corrected chi connectivity index (χ4v) is 3.86. The fourth-order valence-electron chi connectivity index (χ4n) is 3.86. The molecule has 1 saturated carbocycles. The minimum atomic E-state index is -0.867. The zero-order valence-electron chi connectivity index (χ0n) is 16.1. The summed E-state index contributed by atoms with van der Waals surface area (Å²) in [6.45, 7) is 4.84. The Morgan fingerprint density at radius 2 is 2.11 bits per heavy atom. The molecule has 1 unspecified atom stereocenters. The van der Waals surface area contributed by atoms with Crippen molar-refractivity contribution in [2.45, 2.75) is 25.4 Å². The summed E-state index contributed by atoms with van der Waals surface area (Å²) in [5, 5.41) is 11.9. The minimum Gasteiger partial charge on any atom is -0.480 e. The maximum atomic E-state index is 12.6. The summed E-state index contributed by atoms with van der Waals surface area (Å²) in [7, 11) is 1.74. The average Bonchev–Trinajstić information content (AvgIpc) is 3.32. The van der Waals surface area contributed by atoms with Crippen LogP contribution in [0.2, 0.25) is 0 Å². The van der Waals surface area contributed by atoms with Gasteiger partial charge in [-0.3, -0.25) is 9.69 Å². The number of aliphatic carboxylic acids is 1. The van der Waals surface area contributed by atoms with Crippen molar-refractivity contribution in [2.24, 2.45) is 5.41 Å². The van der Waals surface area contributed by atoms with Crippen molar-refractivity contribution in [3.05, 3.63) is 35.9 Å². The molecule has 1 aliphatic heterocycles. The van der Waals surface area contributed by atoms with Crippen LogP contribution in [0.15, 0.2) is 30.3 Å². The second-order valence-electron chi connectivity index (χ2n) is 8.01. The first-order chi connectivity index (χ1) is 12.9. The number of urea groups is 1. The molecule has 2 amide bonds. The molecular formula is C20H29N3O4. The SMILES string of the molecule is CN(CC(=O)O)CC1CN(C(=O)NC[C@]2(C)C[C@H]2c2ccccc2)CCO1. The number of nitrogens with zero attached hydrogens (tertiary/aromatic N) is 2. The lowest BCUT2D eigenvalue weighted by atomic mass is 10.0. The van der Waals surface area contributed by atoms with Crippen molar-refractivity contribution in [3.63, 3.8) is 0 Å². The molecule has 3 rings (SSSR count). The molecule has 2 fully saturated rings. The van der Waals surface area contributed by atoms with Gasteiger partial charge in [-0.25, -0.2) is 4.79 Å². The molecule has 1 heterocycles. The Hall–Kier alpha value is -2.12. The molecule has 1 aliphatic carbocycles. The third kappa shape index (κ3) is 5.20. The number of likely N-dealkylation sites (N-methyl/N-ethyl adjacent to an activating group) is 1. The predicted octanol–water partition coefficient (Wildman–Crippen LogP) is 1.61. The molecule has 1 aromatic carbocycles. The van der Waals surface area contributed by atoms with Crippen LogP contribution in [0.3, 0.4) is 0 Å². The Balaban J connectivity index is 1.45. The molecule has 1 aromatic rings. The van der Waals surface area contributed by atoms with Gasteiger partial charge in [-0.05, 0) is 30.4 Å². The summed E-state index contributed by atoms with van der Waals surface area (Å²) in [6, 6.07) is 10.4. The van der Waals surface area contributed by atoms with Gasteiger partial charge in [0.25, 0.3) is 0 Å². The van der Waals surface area contributed by atoms with E-state index in [2.05, 4.69) is 36.5 Å². The number of carboxylic acids is 1. The van der Waals surface area contributed by atoms with E-state index in [1.54, 1.807) is 16.8 Å². The number of carbonyl (C=O) groups excluding carboxylic acids is 1. The van der Waals surface area contributed by atoms with E-state index in [0.717, 1.165) is 6.42 Å². The molecule has 0 bridgehead atoms. The van der Waals surface area contributed by atoms with Crippen LogP contribution in [0.25, 0.3) is 0 Å². The van der Waals surface area contributed by atoms with E-state index in [-0.39, 0.29) is 24.1 Å². The van der Waals surface area contributed by atoms with Gasteiger partial charge >= 0.3 is 12.0 Å². The van der Waals surface area contributed by atoms with E-state index in [1.807, 2.05) is 6.07 Å². The molecule has 2 aliphatic rings. The molecule has 27 heavy (non-hydrogen) atoms. The first kappa shape index (κ1) is 19.6. The van der Waals surface area contributed by atoms with Crippen LogP contribution in [-0.2, 0) is 9.53 Å². The molecule has 3 atom stereocenters. The van der Waals surface area contributed by atoms with Gasteiger partial charge in [0.1, 0.15) is 0 Å². The second-order valence-corrected chi connectivity index (χ2v) is 8.01. The highest BCUT2D eigenvalue weighted by Gasteiger charge is 2.50. The number of rotatable bonds is 7. The number of benzene rings is 1. The number of nitrogens with one attached hydrogen (secondary N) is 1. The largest absolute Gasteiger partial charge is 0.480 e. The van der Waals surface area contributed by atoms with E-state index >= 15 is 0 Å². The lowest BCUT2D eigenvalue weighted by molar-refractivity contribution is -0.138. The Kier molecular flexibility index (Phi) is 6.01. The first-order valence-electron chi connectivity index (χ1n) is 9.47. The van der Waals surface area contributed by atoms with E-state index in [0.29, 0.717) is 38.7 Å². The maximum Gasteiger partial charge on any atom is 0.317 e. The number of carbonyl (C=O) groups is 2. The van der Waals surface area contributed by atoms with Gasteiger partial charge in [-0.15, -0.1) is 0 Å². The molecular weight excluding hydrogens is 346 g/mol. The number of amides is 2. The van der Waals surface area contributed by atoms with Crippen LogP contribution in [0.1, 0.15) is 24.8 Å². The third-order valence-corrected chi connectivity index (χ3v) is 5.54. The van der Waals surface area contributed by atoms with Gasteiger partial charge in [0.2, 0.25) is 0 Å². The van der Waals surface area contributed by atoms with Gasteiger partial charge in [0.15, 0.2) is 0 Å². The first-order valence-corrected chi connectivity index (χ1v) is 9.47. The van der Waals surface area contributed by atoms with Crippen LogP contribution >= 0.6 is 0 Å². The molecule has 148 valence electrons. The van der Waals surface area contributed by atoms with Crippen LogP contribution < -0.4 is 5.32 Å². The maximum absolute atomic E-state index is 12.6. The molecule has 0 radical (unpaired) electrons. The summed E-state index contributed by atoms with van der Waals surface area (Å²) in [5.74, 6) is -0.366. The number of ether oxygens (including phenoxy) is 1. The quantitative estimate of drug-likeness (QED) is 0.757.